The normalized spacial score (nSPS) is 11.3. The molecular weight excluding hydrogens is 256 g/mol. The molecule has 0 aliphatic rings. The van der Waals surface area contributed by atoms with Gasteiger partial charge in [-0.3, -0.25) is 4.79 Å². The maximum absolute atomic E-state index is 11.6. The van der Waals surface area contributed by atoms with Gasteiger partial charge in [-0.2, -0.15) is 11.8 Å². The first-order chi connectivity index (χ1) is 8.97. The van der Waals surface area contributed by atoms with Gasteiger partial charge in [-0.15, -0.1) is 0 Å². The molecule has 0 bridgehead atoms. The second-order valence-corrected chi connectivity index (χ2v) is 6.41. The lowest BCUT2D eigenvalue weighted by atomic mass is 10.1. The predicted octanol–water partition coefficient (Wildman–Crippen LogP) is 2.21. The summed E-state index contributed by atoms with van der Waals surface area (Å²) in [6.45, 7) is 4.68. The van der Waals surface area contributed by atoms with E-state index < -0.39 is 0 Å². The van der Waals surface area contributed by atoms with Crippen LogP contribution in [-0.4, -0.2) is 29.5 Å². The number of nitrogens with two attached hydrogens (primary N) is 1. The van der Waals surface area contributed by atoms with Gasteiger partial charge in [-0.25, -0.2) is 0 Å². The zero-order chi connectivity index (χ0) is 14.1. The number of benzene rings is 1. The second-order valence-electron chi connectivity index (χ2n) is 5.42. The molecule has 106 valence electrons. The van der Waals surface area contributed by atoms with Crippen molar-refractivity contribution < 1.29 is 4.79 Å². The first-order valence-electron chi connectivity index (χ1n) is 6.65. The van der Waals surface area contributed by atoms with Crippen molar-refractivity contribution in [3.63, 3.8) is 0 Å². The molecule has 0 atom stereocenters. The smallest absolute Gasteiger partial charge is 0.229 e. The van der Waals surface area contributed by atoms with Crippen LogP contribution in [0.4, 0.5) is 0 Å². The molecule has 0 unspecified atom stereocenters. The zero-order valence-corrected chi connectivity index (χ0v) is 12.6. The van der Waals surface area contributed by atoms with Crippen molar-refractivity contribution in [1.82, 2.24) is 5.32 Å². The molecule has 0 saturated heterocycles. The number of hydrogen-bond acceptors (Lipinski definition) is 3. The Morgan fingerprint density at radius 2 is 2.00 bits per heavy atom. The van der Waals surface area contributed by atoms with Gasteiger partial charge in [0.1, 0.15) is 0 Å². The lowest BCUT2D eigenvalue weighted by molar-refractivity contribution is -0.118. The van der Waals surface area contributed by atoms with Crippen LogP contribution in [0.3, 0.4) is 0 Å². The van der Waals surface area contributed by atoms with Gasteiger partial charge in [0.2, 0.25) is 5.91 Å². The molecule has 0 radical (unpaired) electrons. The lowest BCUT2D eigenvalue weighted by Crippen LogP contribution is -2.35. The molecule has 0 saturated carbocycles. The fraction of sp³-hybridized carbons (Fsp3) is 0.533. The fourth-order valence-corrected chi connectivity index (χ4v) is 2.54. The first-order valence-corrected chi connectivity index (χ1v) is 7.80. The van der Waals surface area contributed by atoms with Crippen LogP contribution in [0.25, 0.3) is 0 Å². The predicted molar refractivity (Wildman–Crippen MR) is 83.4 cm³/mol. The summed E-state index contributed by atoms with van der Waals surface area (Å²) in [5, 5.41) is 2.94. The Morgan fingerprint density at radius 1 is 1.32 bits per heavy atom. The summed E-state index contributed by atoms with van der Waals surface area (Å²) < 4.78 is 0. The van der Waals surface area contributed by atoms with Crippen LogP contribution >= 0.6 is 11.8 Å². The molecule has 1 aromatic rings. The number of hydrogen-bond donors (Lipinski definition) is 2. The minimum Gasteiger partial charge on any atom is -0.355 e. The largest absolute Gasteiger partial charge is 0.355 e. The van der Waals surface area contributed by atoms with Gasteiger partial charge in [0.05, 0.1) is 5.75 Å². The van der Waals surface area contributed by atoms with Crippen molar-refractivity contribution in [1.29, 1.82) is 0 Å². The highest BCUT2D eigenvalue weighted by Crippen LogP contribution is 2.09. The molecule has 0 fully saturated rings. The van der Waals surface area contributed by atoms with E-state index in [0.29, 0.717) is 5.75 Å². The van der Waals surface area contributed by atoms with Crippen LogP contribution < -0.4 is 11.1 Å². The minimum absolute atomic E-state index is 0.0994. The van der Waals surface area contributed by atoms with Crippen LogP contribution in [0.2, 0.25) is 0 Å². The summed E-state index contributed by atoms with van der Waals surface area (Å²) in [4.78, 5) is 11.6. The van der Waals surface area contributed by atoms with Crippen LogP contribution in [0, 0.1) is 0 Å². The third kappa shape index (κ3) is 8.67. The molecule has 0 aromatic heterocycles. The monoisotopic (exact) mass is 280 g/mol. The Balaban J connectivity index is 2.05. The topological polar surface area (TPSA) is 55.1 Å². The van der Waals surface area contributed by atoms with E-state index in [-0.39, 0.29) is 11.4 Å². The molecule has 0 heterocycles. The van der Waals surface area contributed by atoms with E-state index in [0.717, 1.165) is 25.1 Å². The molecular formula is C15H24N2OS. The molecule has 0 spiro atoms. The van der Waals surface area contributed by atoms with E-state index in [1.54, 1.807) is 11.8 Å². The highest BCUT2D eigenvalue weighted by Gasteiger charge is 2.11. The summed E-state index contributed by atoms with van der Waals surface area (Å²) in [7, 11) is 0. The summed E-state index contributed by atoms with van der Waals surface area (Å²) >= 11 is 1.59. The molecule has 1 aromatic carbocycles. The molecule has 1 amide bonds. The fourth-order valence-electron chi connectivity index (χ4n) is 1.62. The summed E-state index contributed by atoms with van der Waals surface area (Å²) in [6.07, 6.45) is 1.98. The molecule has 4 heteroatoms. The van der Waals surface area contributed by atoms with E-state index in [1.807, 2.05) is 32.0 Å². The van der Waals surface area contributed by atoms with Crippen molar-refractivity contribution in [2.45, 2.75) is 32.2 Å². The van der Waals surface area contributed by atoms with Gasteiger partial charge in [0.15, 0.2) is 0 Å². The molecule has 3 nitrogen and oxygen atoms in total. The van der Waals surface area contributed by atoms with Crippen LogP contribution in [0.1, 0.15) is 25.8 Å². The first kappa shape index (κ1) is 16.1. The quantitative estimate of drug-likeness (QED) is 0.718. The molecule has 0 aliphatic carbocycles. The third-order valence-electron chi connectivity index (χ3n) is 2.51. The molecule has 1 rings (SSSR count). The minimum atomic E-state index is -0.210. The molecule has 19 heavy (non-hydrogen) atoms. The number of nitrogens with one attached hydrogen (secondary N) is 1. The Labute approximate surface area is 120 Å². The Bertz CT molecular complexity index is 373. The highest BCUT2D eigenvalue weighted by molar-refractivity contribution is 8.00. The summed E-state index contributed by atoms with van der Waals surface area (Å²) in [5.41, 5.74) is 6.96. The van der Waals surface area contributed by atoms with Gasteiger partial charge in [0, 0.05) is 17.8 Å². The van der Waals surface area contributed by atoms with Gasteiger partial charge in [-0.1, -0.05) is 30.3 Å². The number of carbonyl (C=O) groups excluding carboxylic acids is 1. The number of carbonyl (C=O) groups is 1. The van der Waals surface area contributed by atoms with Crippen LogP contribution in [-0.2, 0) is 11.2 Å². The lowest BCUT2D eigenvalue weighted by Gasteiger charge is -2.17. The van der Waals surface area contributed by atoms with Gasteiger partial charge >= 0.3 is 0 Å². The van der Waals surface area contributed by atoms with E-state index in [1.165, 1.54) is 5.56 Å². The maximum Gasteiger partial charge on any atom is 0.229 e. The third-order valence-corrected chi connectivity index (χ3v) is 3.93. The van der Waals surface area contributed by atoms with Crippen molar-refractivity contribution in [2.75, 3.05) is 18.1 Å². The van der Waals surface area contributed by atoms with Crippen LogP contribution in [0.15, 0.2) is 30.3 Å². The van der Waals surface area contributed by atoms with Gasteiger partial charge in [0.25, 0.3) is 0 Å². The average Bonchev–Trinajstić information content (AvgIpc) is 2.34. The van der Waals surface area contributed by atoms with E-state index in [4.69, 9.17) is 5.73 Å². The molecule has 0 aliphatic heterocycles. The van der Waals surface area contributed by atoms with Crippen molar-refractivity contribution in [3.05, 3.63) is 35.9 Å². The number of aryl methyl sites for hydroxylation is 1. The van der Waals surface area contributed by atoms with Crippen LogP contribution in [0.5, 0.6) is 0 Å². The second kappa shape index (κ2) is 8.23. The van der Waals surface area contributed by atoms with Gasteiger partial charge < -0.3 is 11.1 Å². The van der Waals surface area contributed by atoms with E-state index in [2.05, 4.69) is 17.4 Å². The Hall–Kier alpha value is -1.00. The Kier molecular flexibility index (Phi) is 6.95. The summed E-state index contributed by atoms with van der Waals surface area (Å²) in [6, 6.07) is 10.3. The standard InChI is InChI=1S/C15H24N2OS/c1-15(2,16)12-19-11-14(18)17-10-6-9-13-7-4-3-5-8-13/h3-5,7-8H,6,9-12,16H2,1-2H3,(H,17,18). The number of thioether (sulfide) groups is 1. The zero-order valence-electron chi connectivity index (χ0n) is 11.8. The Morgan fingerprint density at radius 3 is 2.63 bits per heavy atom. The van der Waals surface area contributed by atoms with Crippen molar-refractivity contribution in [2.24, 2.45) is 5.73 Å². The summed E-state index contributed by atoms with van der Waals surface area (Å²) in [5.74, 6) is 1.39. The van der Waals surface area contributed by atoms with Gasteiger partial charge in [-0.05, 0) is 32.3 Å². The maximum atomic E-state index is 11.6. The van der Waals surface area contributed by atoms with Crippen molar-refractivity contribution in [3.8, 4) is 0 Å². The molecule has 3 N–H and O–H groups in total. The number of amides is 1. The highest BCUT2D eigenvalue weighted by atomic mass is 32.2. The van der Waals surface area contributed by atoms with E-state index in [9.17, 15) is 4.79 Å². The SMILES string of the molecule is CC(C)(N)CSCC(=O)NCCCc1ccccc1. The van der Waals surface area contributed by atoms with E-state index >= 15 is 0 Å². The number of rotatable bonds is 8. The van der Waals surface area contributed by atoms with Crippen molar-refractivity contribution >= 4 is 17.7 Å². The average molecular weight is 280 g/mol.